The lowest BCUT2D eigenvalue weighted by atomic mass is 9.84. The maximum absolute atomic E-state index is 13.3. The highest BCUT2D eigenvalue weighted by Gasteiger charge is 2.38. The molecule has 2 saturated heterocycles. The van der Waals surface area contributed by atoms with Crippen molar-refractivity contribution in [2.45, 2.75) is 76.4 Å². The van der Waals surface area contributed by atoms with Gasteiger partial charge in [-0.05, 0) is 73.4 Å². The summed E-state index contributed by atoms with van der Waals surface area (Å²) in [5.41, 5.74) is 0.845. The van der Waals surface area contributed by atoms with E-state index in [0.29, 0.717) is 38.3 Å². The third-order valence-corrected chi connectivity index (χ3v) is 8.19. The van der Waals surface area contributed by atoms with Crippen LogP contribution in [0.2, 0.25) is 0 Å². The molecule has 0 unspecified atom stereocenters. The van der Waals surface area contributed by atoms with Gasteiger partial charge in [0.25, 0.3) is 5.69 Å². The summed E-state index contributed by atoms with van der Waals surface area (Å²) in [6.07, 6.45) is -0.992. The molecule has 10 heteroatoms. The molecule has 2 aromatic carbocycles. The van der Waals surface area contributed by atoms with Gasteiger partial charge in [0.05, 0.1) is 4.92 Å². The Hall–Kier alpha value is -3.14. The molecule has 2 aliphatic heterocycles. The molecule has 0 spiro atoms. The van der Waals surface area contributed by atoms with Gasteiger partial charge in [0.1, 0.15) is 5.56 Å². The van der Waals surface area contributed by atoms with Crippen molar-refractivity contribution in [3.8, 4) is 0 Å². The van der Waals surface area contributed by atoms with E-state index in [9.17, 15) is 28.1 Å². The van der Waals surface area contributed by atoms with Crippen LogP contribution in [0.5, 0.6) is 0 Å². The lowest BCUT2D eigenvalue weighted by molar-refractivity contribution is -0.388. The van der Waals surface area contributed by atoms with Gasteiger partial charge >= 0.3 is 6.18 Å². The van der Waals surface area contributed by atoms with Crippen LogP contribution in [0.4, 0.5) is 24.5 Å². The number of carbonyl (C=O) groups excluding carboxylic acids is 1. The zero-order valence-corrected chi connectivity index (χ0v) is 23.5. The quantitative estimate of drug-likeness (QED) is 0.306. The van der Waals surface area contributed by atoms with E-state index in [1.54, 1.807) is 0 Å². The lowest BCUT2D eigenvalue weighted by Crippen LogP contribution is -2.43. The second-order valence-electron chi connectivity index (χ2n) is 12.0. The van der Waals surface area contributed by atoms with Crippen molar-refractivity contribution in [1.29, 1.82) is 0 Å². The van der Waals surface area contributed by atoms with Crippen LogP contribution in [0.25, 0.3) is 0 Å². The Balaban J connectivity index is 1.19. The summed E-state index contributed by atoms with van der Waals surface area (Å²) < 4.78 is 39.8. The fourth-order valence-electron chi connectivity index (χ4n) is 5.68. The minimum absolute atomic E-state index is 0.105. The summed E-state index contributed by atoms with van der Waals surface area (Å²) in [6, 6.07) is 11.9. The summed E-state index contributed by atoms with van der Waals surface area (Å²) in [6.45, 7) is 10.4. The molecule has 2 aromatic rings. The van der Waals surface area contributed by atoms with E-state index in [4.69, 9.17) is 0 Å². The maximum Gasteiger partial charge on any atom is 0.423 e. The number of halogens is 3. The topological polar surface area (TPSA) is 78.7 Å². The molecule has 0 aliphatic carbocycles. The van der Waals surface area contributed by atoms with Crippen LogP contribution in [-0.4, -0.2) is 59.4 Å². The molecule has 0 radical (unpaired) electrons. The molecule has 0 aromatic heterocycles. The molecule has 2 fully saturated rings. The fourth-order valence-corrected chi connectivity index (χ4v) is 5.68. The summed E-state index contributed by atoms with van der Waals surface area (Å²) in [5.74, 6) is 0.656. The van der Waals surface area contributed by atoms with E-state index in [0.717, 1.165) is 44.6 Å². The predicted octanol–water partition coefficient (Wildman–Crippen LogP) is 6.58. The van der Waals surface area contributed by atoms with E-state index in [1.807, 2.05) is 4.90 Å². The first kappa shape index (κ1) is 29.8. The van der Waals surface area contributed by atoms with Gasteiger partial charge in [-0.15, -0.1) is 0 Å². The molecule has 7 nitrogen and oxygen atoms in total. The SMILES string of the molecule is CC(C)(C)c1ccc(C2CCN(CCC(=O)N3CCC(Nc4ccc([N+](=O)[O-])c(C(F)(F)F)c4)CC3)CC2)cc1. The smallest absolute Gasteiger partial charge is 0.382 e. The van der Waals surface area contributed by atoms with Crippen molar-refractivity contribution >= 4 is 17.3 Å². The molecular weight excluding hydrogens is 521 g/mol. The van der Waals surface area contributed by atoms with E-state index in [2.05, 4.69) is 55.3 Å². The van der Waals surface area contributed by atoms with E-state index in [1.165, 1.54) is 17.2 Å². The Morgan fingerprint density at radius 3 is 2.15 bits per heavy atom. The minimum Gasteiger partial charge on any atom is -0.382 e. The highest BCUT2D eigenvalue weighted by Crippen LogP contribution is 2.38. The molecule has 0 saturated carbocycles. The first-order valence-electron chi connectivity index (χ1n) is 14.0. The van der Waals surface area contributed by atoms with Gasteiger partial charge in [-0.3, -0.25) is 14.9 Å². The summed E-state index contributed by atoms with van der Waals surface area (Å²) >= 11 is 0. The molecule has 2 heterocycles. The monoisotopic (exact) mass is 560 g/mol. The standard InChI is InChI=1S/C30H39F3N4O3/c1-29(2,3)23-6-4-21(5-7-23)22-10-15-35(16-11-22)17-14-28(38)36-18-12-24(13-19-36)34-25-8-9-27(37(39)40)26(20-25)30(31,32)33/h4-9,20,22,24,34H,10-19H2,1-3H3. The van der Waals surface area contributed by atoms with Gasteiger partial charge in [0.15, 0.2) is 0 Å². The fraction of sp³-hybridized carbons (Fsp3) is 0.567. The van der Waals surface area contributed by atoms with Crippen LogP contribution in [0, 0.1) is 10.1 Å². The normalized spacial score (nSPS) is 18.1. The third-order valence-electron chi connectivity index (χ3n) is 8.19. The number of nitrogens with zero attached hydrogens (tertiary/aromatic N) is 3. The van der Waals surface area contributed by atoms with Crippen LogP contribution in [-0.2, 0) is 16.4 Å². The number of carbonyl (C=O) groups is 1. The number of nitro groups is 1. The van der Waals surface area contributed by atoms with Crippen LogP contribution >= 0.6 is 0 Å². The van der Waals surface area contributed by atoms with Crippen molar-refractivity contribution in [2.75, 3.05) is 38.0 Å². The van der Waals surface area contributed by atoms with E-state index < -0.39 is 22.4 Å². The van der Waals surface area contributed by atoms with Gasteiger partial charge < -0.3 is 15.1 Å². The van der Waals surface area contributed by atoms with Gasteiger partial charge in [0.2, 0.25) is 5.91 Å². The Labute approximate surface area is 233 Å². The van der Waals surface area contributed by atoms with Crippen molar-refractivity contribution in [3.05, 3.63) is 69.3 Å². The highest BCUT2D eigenvalue weighted by molar-refractivity contribution is 5.76. The van der Waals surface area contributed by atoms with Crippen molar-refractivity contribution in [2.24, 2.45) is 0 Å². The Morgan fingerprint density at radius 2 is 1.60 bits per heavy atom. The van der Waals surface area contributed by atoms with Gasteiger partial charge in [-0.2, -0.15) is 13.2 Å². The number of nitrogens with one attached hydrogen (secondary N) is 1. The van der Waals surface area contributed by atoms with E-state index >= 15 is 0 Å². The third kappa shape index (κ3) is 7.53. The van der Waals surface area contributed by atoms with Crippen molar-refractivity contribution < 1.29 is 22.9 Å². The number of benzene rings is 2. The number of hydrogen-bond donors (Lipinski definition) is 1. The zero-order valence-electron chi connectivity index (χ0n) is 23.5. The molecule has 0 atom stereocenters. The van der Waals surface area contributed by atoms with Gasteiger partial charge in [-0.1, -0.05) is 45.0 Å². The van der Waals surface area contributed by atoms with Gasteiger partial charge in [0, 0.05) is 43.9 Å². The zero-order chi connectivity index (χ0) is 29.1. The first-order valence-corrected chi connectivity index (χ1v) is 14.0. The number of rotatable bonds is 7. The number of alkyl halides is 3. The van der Waals surface area contributed by atoms with E-state index in [-0.39, 0.29) is 23.1 Å². The average Bonchev–Trinajstić information content (AvgIpc) is 2.91. The van der Waals surface area contributed by atoms with Crippen LogP contribution in [0.3, 0.4) is 0 Å². The molecule has 1 N–H and O–H groups in total. The number of piperidine rings is 2. The molecule has 1 amide bonds. The molecule has 0 bridgehead atoms. The largest absolute Gasteiger partial charge is 0.423 e. The number of nitro benzene ring substituents is 1. The predicted molar refractivity (Wildman–Crippen MR) is 149 cm³/mol. The second kappa shape index (κ2) is 12.2. The molecule has 4 rings (SSSR count). The highest BCUT2D eigenvalue weighted by atomic mass is 19.4. The van der Waals surface area contributed by atoms with Crippen LogP contribution < -0.4 is 5.32 Å². The maximum atomic E-state index is 13.3. The summed E-state index contributed by atoms with van der Waals surface area (Å²) in [5, 5.41) is 14.0. The molecule has 2 aliphatic rings. The molecule has 40 heavy (non-hydrogen) atoms. The molecular formula is C30H39F3N4O3. The lowest BCUT2D eigenvalue weighted by Gasteiger charge is -2.35. The van der Waals surface area contributed by atoms with Crippen molar-refractivity contribution in [1.82, 2.24) is 9.80 Å². The Kier molecular flexibility index (Phi) is 9.07. The summed E-state index contributed by atoms with van der Waals surface area (Å²) in [7, 11) is 0. The minimum atomic E-state index is -4.82. The number of hydrogen-bond acceptors (Lipinski definition) is 5. The van der Waals surface area contributed by atoms with Crippen molar-refractivity contribution in [3.63, 3.8) is 0 Å². The molecule has 218 valence electrons. The average molecular weight is 561 g/mol. The first-order chi connectivity index (χ1) is 18.8. The summed E-state index contributed by atoms with van der Waals surface area (Å²) in [4.78, 5) is 27.0. The number of likely N-dealkylation sites (tertiary alicyclic amines) is 2. The Morgan fingerprint density at radius 1 is 0.975 bits per heavy atom. The number of anilines is 1. The second-order valence-corrected chi connectivity index (χ2v) is 12.0. The van der Waals surface area contributed by atoms with Crippen LogP contribution in [0.1, 0.15) is 75.5 Å². The van der Waals surface area contributed by atoms with Gasteiger partial charge in [-0.25, -0.2) is 0 Å². The Bertz CT molecular complexity index is 1180. The van der Waals surface area contributed by atoms with Crippen LogP contribution in [0.15, 0.2) is 42.5 Å². The number of amides is 1.